The Kier molecular flexibility index (Phi) is 3.82. The van der Waals surface area contributed by atoms with E-state index in [0.717, 1.165) is 62.5 Å². The maximum atomic E-state index is 11.2. The second-order valence-corrected chi connectivity index (χ2v) is 8.75. The molecular weight excluding hydrogens is 404 g/mol. The van der Waals surface area contributed by atoms with E-state index >= 15 is 0 Å². The van der Waals surface area contributed by atoms with Gasteiger partial charge in [-0.1, -0.05) is 66.7 Å². The van der Waals surface area contributed by atoms with Crippen LogP contribution in [0.3, 0.4) is 0 Å². The normalized spacial score (nSPS) is 12.7. The third kappa shape index (κ3) is 2.76. The lowest BCUT2D eigenvalue weighted by Crippen LogP contribution is -2.12. The molecule has 3 nitrogen and oxygen atoms in total. The average Bonchev–Trinajstić information content (AvgIpc) is 2.86. The molecular formula is C30H20N2O. The van der Waals surface area contributed by atoms with Gasteiger partial charge < -0.3 is 5.11 Å². The SMILES string of the molecule is Oc1c(-c2cc3c(c4ccccc24)Cc2nc4ccccc4nc2C3)ccc2ccccc12. The van der Waals surface area contributed by atoms with E-state index in [9.17, 15) is 5.11 Å². The topological polar surface area (TPSA) is 46.0 Å². The number of phenols is 1. The van der Waals surface area contributed by atoms with Crippen molar-refractivity contribution in [1.29, 1.82) is 0 Å². The Hall–Kier alpha value is -4.24. The number of phenolic OH excluding ortho intramolecular Hbond substituents is 1. The van der Waals surface area contributed by atoms with Crippen LogP contribution in [0.1, 0.15) is 22.5 Å². The number of rotatable bonds is 1. The van der Waals surface area contributed by atoms with Gasteiger partial charge in [-0.25, -0.2) is 9.97 Å². The van der Waals surface area contributed by atoms with Crippen molar-refractivity contribution in [2.75, 3.05) is 0 Å². The molecule has 5 aromatic carbocycles. The number of para-hydroxylation sites is 2. The van der Waals surface area contributed by atoms with Crippen molar-refractivity contribution in [2.24, 2.45) is 0 Å². The Labute approximate surface area is 191 Å². The Bertz CT molecular complexity index is 1740. The summed E-state index contributed by atoms with van der Waals surface area (Å²) < 4.78 is 0. The van der Waals surface area contributed by atoms with Crippen LogP contribution in [0.2, 0.25) is 0 Å². The molecule has 1 aromatic heterocycles. The molecule has 0 saturated carbocycles. The van der Waals surface area contributed by atoms with Gasteiger partial charge in [0.05, 0.1) is 22.4 Å². The zero-order chi connectivity index (χ0) is 21.9. The fourth-order valence-corrected chi connectivity index (χ4v) is 5.26. The molecule has 6 aromatic rings. The van der Waals surface area contributed by atoms with Crippen LogP contribution in [0.5, 0.6) is 5.75 Å². The van der Waals surface area contributed by atoms with Gasteiger partial charge in [0.15, 0.2) is 0 Å². The van der Waals surface area contributed by atoms with Crippen molar-refractivity contribution in [3.63, 3.8) is 0 Å². The molecule has 7 rings (SSSR count). The van der Waals surface area contributed by atoms with E-state index in [2.05, 4.69) is 36.4 Å². The molecule has 0 aliphatic heterocycles. The van der Waals surface area contributed by atoms with E-state index in [-0.39, 0.29) is 0 Å². The Morgan fingerprint density at radius 3 is 2.00 bits per heavy atom. The third-order valence-electron chi connectivity index (χ3n) is 6.87. The quantitative estimate of drug-likeness (QED) is 0.315. The molecule has 0 fully saturated rings. The molecule has 0 bridgehead atoms. The molecule has 1 aliphatic carbocycles. The zero-order valence-electron chi connectivity index (χ0n) is 17.9. The van der Waals surface area contributed by atoms with E-state index < -0.39 is 0 Å². The summed E-state index contributed by atoms with van der Waals surface area (Å²) in [5, 5.41) is 15.5. The van der Waals surface area contributed by atoms with Crippen molar-refractivity contribution in [1.82, 2.24) is 9.97 Å². The second-order valence-electron chi connectivity index (χ2n) is 8.75. The minimum absolute atomic E-state index is 0.334. The number of nitrogens with zero attached hydrogens (tertiary/aromatic N) is 2. The fourth-order valence-electron chi connectivity index (χ4n) is 5.26. The van der Waals surface area contributed by atoms with Crippen molar-refractivity contribution >= 4 is 32.6 Å². The van der Waals surface area contributed by atoms with E-state index in [0.29, 0.717) is 5.75 Å². The molecule has 1 N–H and O–H groups in total. The number of hydrogen-bond acceptors (Lipinski definition) is 3. The van der Waals surface area contributed by atoms with E-state index in [4.69, 9.17) is 9.97 Å². The van der Waals surface area contributed by atoms with Crippen LogP contribution < -0.4 is 0 Å². The summed E-state index contributed by atoms with van der Waals surface area (Å²) in [6, 6.07) is 30.9. The lowest BCUT2D eigenvalue weighted by Gasteiger charge is -2.23. The molecule has 0 unspecified atom stereocenters. The van der Waals surface area contributed by atoms with Crippen molar-refractivity contribution in [2.45, 2.75) is 12.8 Å². The number of hydrogen-bond donors (Lipinski definition) is 1. The number of aromatic nitrogens is 2. The van der Waals surface area contributed by atoms with Crippen LogP contribution in [-0.2, 0) is 12.8 Å². The van der Waals surface area contributed by atoms with Gasteiger partial charge in [0.2, 0.25) is 0 Å². The van der Waals surface area contributed by atoms with Gasteiger partial charge in [-0.2, -0.15) is 0 Å². The van der Waals surface area contributed by atoms with Gasteiger partial charge >= 0.3 is 0 Å². The van der Waals surface area contributed by atoms with Crippen LogP contribution in [0.4, 0.5) is 0 Å². The minimum atomic E-state index is 0.334. The molecule has 0 spiro atoms. The van der Waals surface area contributed by atoms with Gasteiger partial charge in [-0.15, -0.1) is 0 Å². The summed E-state index contributed by atoms with van der Waals surface area (Å²) in [5.74, 6) is 0.334. The first kappa shape index (κ1) is 18.3. The summed E-state index contributed by atoms with van der Waals surface area (Å²) >= 11 is 0. The molecule has 33 heavy (non-hydrogen) atoms. The summed E-state index contributed by atoms with van der Waals surface area (Å²) in [7, 11) is 0. The van der Waals surface area contributed by atoms with Crippen molar-refractivity contribution in [3.05, 3.63) is 114 Å². The standard InChI is InChI=1S/C30H20N2O/c33-30-20-8-2-1-7-18(20)13-14-23(30)25-15-19-16-28-29(32-27-12-6-5-11-26(27)31-28)17-24(19)21-9-3-4-10-22(21)25/h1-15,33H,16-17H2. The zero-order valence-corrected chi connectivity index (χ0v) is 17.9. The van der Waals surface area contributed by atoms with E-state index in [1.165, 1.54) is 16.5 Å². The Balaban J connectivity index is 1.48. The van der Waals surface area contributed by atoms with E-state index in [1.54, 1.807) is 0 Å². The predicted octanol–water partition coefficient (Wildman–Crippen LogP) is 6.80. The molecule has 156 valence electrons. The highest BCUT2D eigenvalue weighted by Crippen LogP contribution is 2.42. The van der Waals surface area contributed by atoms with Crippen LogP contribution in [0, 0.1) is 0 Å². The van der Waals surface area contributed by atoms with Crippen molar-refractivity contribution < 1.29 is 5.11 Å². The van der Waals surface area contributed by atoms with Gasteiger partial charge in [-0.3, -0.25) is 0 Å². The molecule has 0 radical (unpaired) electrons. The van der Waals surface area contributed by atoms with Gasteiger partial charge in [0, 0.05) is 23.8 Å². The molecule has 0 saturated heterocycles. The molecule has 3 heteroatoms. The monoisotopic (exact) mass is 424 g/mol. The van der Waals surface area contributed by atoms with Gasteiger partial charge in [0.25, 0.3) is 0 Å². The highest BCUT2D eigenvalue weighted by atomic mass is 16.3. The molecule has 1 aliphatic rings. The van der Waals surface area contributed by atoms with E-state index in [1.807, 2.05) is 54.6 Å². The first-order chi connectivity index (χ1) is 16.3. The summed E-state index contributed by atoms with van der Waals surface area (Å²) in [4.78, 5) is 9.89. The second kappa shape index (κ2) is 6.88. The molecule has 0 amide bonds. The largest absolute Gasteiger partial charge is 0.507 e. The van der Waals surface area contributed by atoms with Crippen LogP contribution in [0.15, 0.2) is 91.0 Å². The Morgan fingerprint density at radius 1 is 0.576 bits per heavy atom. The van der Waals surface area contributed by atoms with Gasteiger partial charge in [0.1, 0.15) is 5.75 Å². The predicted molar refractivity (Wildman–Crippen MR) is 134 cm³/mol. The minimum Gasteiger partial charge on any atom is -0.507 e. The maximum absolute atomic E-state index is 11.2. The average molecular weight is 425 g/mol. The summed E-state index contributed by atoms with van der Waals surface area (Å²) in [5.41, 5.74) is 8.49. The molecule has 0 atom stereocenters. The maximum Gasteiger partial charge on any atom is 0.131 e. The smallest absolute Gasteiger partial charge is 0.131 e. The number of fused-ring (bicyclic) bond motifs is 6. The number of benzene rings is 5. The highest BCUT2D eigenvalue weighted by molar-refractivity contribution is 6.04. The summed E-state index contributed by atoms with van der Waals surface area (Å²) in [6.45, 7) is 0. The van der Waals surface area contributed by atoms with Crippen LogP contribution in [0.25, 0.3) is 43.7 Å². The first-order valence-electron chi connectivity index (χ1n) is 11.3. The van der Waals surface area contributed by atoms with Crippen LogP contribution in [-0.4, -0.2) is 15.1 Å². The first-order valence-corrected chi connectivity index (χ1v) is 11.3. The highest BCUT2D eigenvalue weighted by Gasteiger charge is 2.23. The lowest BCUT2D eigenvalue weighted by atomic mass is 9.83. The molecule has 1 heterocycles. The fraction of sp³-hybridized carbons (Fsp3) is 0.0667. The lowest BCUT2D eigenvalue weighted by molar-refractivity contribution is 0.483. The van der Waals surface area contributed by atoms with Crippen LogP contribution >= 0.6 is 0 Å². The third-order valence-corrected chi connectivity index (χ3v) is 6.87. The number of aromatic hydroxyl groups is 1. The Morgan fingerprint density at radius 2 is 1.21 bits per heavy atom. The van der Waals surface area contributed by atoms with Gasteiger partial charge in [-0.05, 0) is 57.1 Å². The summed E-state index contributed by atoms with van der Waals surface area (Å²) in [6.07, 6.45) is 1.52. The van der Waals surface area contributed by atoms with Crippen molar-refractivity contribution in [3.8, 4) is 16.9 Å².